The maximum Gasteiger partial charge on any atom is 0.313 e. The van der Waals surface area contributed by atoms with E-state index in [4.69, 9.17) is 4.74 Å². The van der Waals surface area contributed by atoms with Crippen LogP contribution in [0.2, 0.25) is 0 Å². The molecule has 0 aliphatic heterocycles. The van der Waals surface area contributed by atoms with Crippen molar-refractivity contribution in [2.45, 2.75) is 87.7 Å². The number of esters is 1. The standard InChI is InChI=1S/C18H28N4O3S/c1-3-25-16(23)11-15-20-21-18(22(15)14-7-5-4-6-8-14)26-12(2)17(24)19-13-9-10-13/h12-14H,3-11H2,1-2H3,(H,19,24)/t12-/m0/s1. The van der Waals surface area contributed by atoms with E-state index in [0.29, 0.717) is 24.5 Å². The Bertz CT molecular complexity index is 638. The van der Waals surface area contributed by atoms with Crippen LogP contribution in [0.4, 0.5) is 0 Å². The summed E-state index contributed by atoms with van der Waals surface area (Å²) in [4.78, 5) is 24.2. The number of nitrogens with zero attached hydrogens (tertiary/aromatic N) is 3. The number of ether oxygens (including phenoxy) is 1. The fourth-order valence-electron chi connectivity index (χ4n) is 3.31. The fraction of sp³-hybridized carbons (Fsp3) is 0.778. The van der Waals surface area contributed by atoms with Crippen molar-refractivity contribution in [2.24, 2.45) is 0 Å². The molecule has 7 nitrogen and oxygen atoms in total. The van der Waals surface area contributed by atoms with Crippen LogP contribution in [0.5, 0.6) is 0 Å². The zero-order valence-electron chi connectivity index (χ0n) is 15.6. The smallest absolute Gasteiger partial charge is 0.313 e. The lowest BCUT2D eigenvalue weighted by Crippen LogP contribution is -2.32. The van der Waals surface area contributed by atoms with Gasteiger partial charge in [0.05, 0.1) is 11.9 Å². The van der Waals surface area contributed by atoms with Crippen molar-refractivity contribution in [3.8, 4) is 0 Å². The molecule has 1 atom stereocenters. The van der Waals surface area contributed by atoms with E-state index in [1.165, 1.54) is 31.0 Å². The van der Waals surface area contributed by atoms with Crippen molar-refractivity contribution in [2.75, 3.05) is 6.61 Å². The first-order valence-corrected chi connectivity index (χ1v) is 10.5. The summed E-state index contributed by atoms with van der Waals surface area (Å²) in [5, 5.41) is 12.1. The van der Waals surface area contributed by atoms with Crippen LogP contribution in [0.25, 0.3) is 0 Å². The molecule has 1 amide bonds. The Morgan fingerprint density at radius 2 is 1.96 bits per heavy atom. The molecule has 2 aliphatic rings. The van der Waals surface area contributed by atoms with Crippen LogP contribution in [-0.2, 0) is 20.7 Å². The van der Waals surface area contributed by atoms with Crippen LogP contribution in [0.1, 0.15) is 70.7 Å². The second kappa shape index (κ2) is 8.88. The van der Waals surface area contributed by atoms with Crippen molar-refractivity contribution in [1.29, 1.82) is 0 Å². The molecular formula is C18H28N4O3S. The third-order valence-corrected chi connectivity index (χ3v) is 5.91. The molecule has 2 fully saturated rings. The second-order valence-corrected chi connectivity index (χ2v) is 8.39. The van der Waals surface area contributed by atoms with Gasteiger partial charge in [0.1, 0.15) is 12.2 Å². The van der Waals surface area contributed by atoms with Gasteiger partial charge in [0.2, 0.25) is 5.91 Å². The van der Waals surface area contributed by atoms with E-state index in [0.717, 1.165) is 30.8 Å². The highest BCUT2D eigenvalue weighted by atomic mass is 32.2. The number of hydrogen-bond donors (Lipinski definition) is 1. The monoisotopic (exact) mass is 380 g/mol. The maximum atomic E-state index is 12.3. The Hall–Kier alpha value is -1.57. The van der Waals surface area contributed by atoms with Crippen molar-refractivity contribution >= 4 is 23.6 Å². The van der Waals surface area contributed by atoms with Gasteiger partial charge in [0.25, 0.3) is 0 Å². The van der Waals surface area contributed by atoms with Crippen LogP contribution in [-0.4, -0.2) is 44.5 Å². The van der Waals surface area contributed by atoms with E-state index in [9.17, 15) is 9.59 Å². The summed E-state index contributed by atoms with van der Waals surface area (Å²) < 4.78 is 7.16. The molecule has 1 aromatic heterocycles. The molecule has 0 aromatic carbocycles. The molecule has 1 aromatic rings. The lowest BCUT2D eigenvalue weighted by Gasteiger charge is -2.26. The first kappa shape index (κ1) is 19.2. The van der Waals surface area contributed by atoms with E-state index in [1.54, 1.807) is 6.92 Å². The van der Waals surface area contributed by atoms with E-state index >= 15 is 0 Å². The Morgan fingerprint density at radius 1 is 1.23 bits per heavy atom. The molecule has 0 radical (unpaired) electrons. The molecule has 0 saturated heterocycles. The van der Waals surface area contributed by atoms with Crippen LogP contribution in [0.15, 0.2) is 5.16 Å². The van der Waals surface area contributed by atoms with Crippen LogP contribution in [0.3, 0.4) is 0 Å². The largest absolute Gasteiger partial charge is 0.466 e. The third-order valence-electron chi connectivity index (χ3n) is 4.86. The molecule has 26 heavy (non-hydrogen) atoms. The highest BCUT2D eigenvalue weighted by Crippen LogP contribution is 2.34. The van der Waals surface area contributed by atoms with E-state index < -0.39 is 0 Å². The molecule has 3 rings (SSSR count). The molecule has 0 spiro atoms. The summed E-state index contributed by atoms with van der Waals surface area (Å²) in [6.45, 7) is 4.05. The van der Waals surface area contributed by atoms with Gasteiger partial charge in [-0.1, -0.05) is 31.0 Å². The van der Waals surface area contributed by atoms with Crippen molar-refractivity contribution < 1.29 is 14.3 Å². The number of rotatable bonds is 8. The van der Waals surface area contributed by atoms with Crippen LogP contribution < -0.4 is 5.32 Å². The minimum absolute atomic E-state index is 0.0441. The van der Waals surface area contributed by atoms with E-state index in [2.05, 4.69) is 20.1 Å². The predicted molar refractivity (Wildman–Crippen MR) is 99.0 cm³/mol. The quantitative estimate of drug-likeness (QED) is 0.551. The lowest BCUT2D eigenvalue weighted by atomic mass is 9.95. The second-order valence-electron chi connectivity index (χ2n) is 7.09. The van der Waals surface area contributed by atoms with Crippen LogP contribution in [0, 0.1) is 0 Å². The topological polar surface area (TPSA) is 86.1 Å². The lowest BCUT2D eigenvalue weighted by molar-refractivity contribution is -0.142. The summed E-state index contributed by atoms with van der Waals surface area (Å²) >= 11 is 1.43. The van der Waals surface area contributed by atoms with Gasteiger partial charge in [-0.2, -0.15) is 0 Å². The van der Waals surface area contributed by atoms with Crippen molar-refractivity contribution in [3.05, 3.63) is 5.82 Å². The number of carbonyl (C=O) groups excluding carboxylic acids is 2. The zero-order chi connectivity index (χ0) is 18.5. The average molecular weight is 381 g/mol. The molecule has 2 aliphatic carbocycles. The van der Waals surface area contributed by atoms with Gasteiger partial charge in [0.15, 0.2) is 5.16 Å². The Morgan fingerprint density at radius 3 is 2.62 bits per heavy atom. The van der Waals surface area contributed by atoms with Gasteiger partial charge in [-0.15, -0.1) is 10.2 Å². The SMILES string of the molecule is CCOC(=O)Cc1nnc(S[C@@H](C)C(=O)NC2CC2)n1C1CCCCC1. The number of aromatic nitrogens is 3. The minimum Gasteiger partial charge on any atom is -0.466 e. The van der Waals surface area contributed by atoms with Gasteiger partial charge in [-0.25, -0.2) is 0 Å². The summed E-state index contributed by atoms with van der Waals surface area (Å²) in [6.07, 6.45) is 7.98. The Labute approximate surface area is 158 Å². The molecular weight excluding hydrogens is 352 g/mol. The summed E-state index contributed by atoms with van der Waals surface area (Å²) in [7, 11) is 0. The zero-order valence-corrected chi connectivity index (χ0v) is 16.4. The first-order chi connectivity index (χ1) is 12.6. The summed E-state index contributed by atoms with van der Waals surface area (Å²) in [5.41, 5.74) is 0. The number of amides is 1. The minimum atomic E-state index is -0.284. The first-order valence-electron chi connectivity index (χ1n) is 9.65. The van der Waals surface area contributed by atoms with Gasteiger partial charge in [0, 0.05) is 12.1 Å². The van der Waals surface area contributed by atoms with Crippen molar-refractivity contribution in [1.82, 2.24) is 20.1 Å². The molecule has 1 heterocycles. The molecule has 144 valence electrons. The summed E-state index contributed by atoms with van der Waals surface area (Å²) in [5.74, 6) is 0.406. The Kier molecular flexibility index (Phi) is 6.56. The van der Waals surface area contributed by atoms with E-state index in [1.807, 2.05) is 6.92 Å². The number of nitrogens with one attached hydrogen (secondary N) is 1. The predicted octanol–water partition coefficient (Wildman–Crippen LogP) is 2.65. The Balaban J connectivity index is 1.75. The fourth-order valence-corrected chi connectivity index (χ4v) is 4.26. The number of thioether (sulfide) groups is 1. The highest BCUT2D eigenvalue weighted by Gasteiger charge is 2.29. The average Bonchev–Trinajstić information content (AvgIpc) is 3.36. The third kappa shape index (κ3) is 4.99. The summed E-state index contributed by atoms with van der Waals surface area (Å²) in [6, 6.07) is 0.644. The van der Waals surface area contributed by atoms with Gasteiger partial charge >= 0.3 is 5.97 Å². The molecule has 0 unspecified atom stereocenters. The number of carbonyl (C=O) groups is 2. The van der Waals surface area contributed by atoms with Crippen molar-refractivity contribution in [3.63, 3.8) is 0 Å². The van der Waals surface area contributed by atoms with Crippen LogP contribution >= 0.6 is 11.8 Å². The maximum absolute atomic E-state index is 12.3. The highest BCUT2D eigenvalue weighted by molar-refractivity contribution is 8.00. The molecule has 0 bridgehead atoms. The molecule has 8 heteroatoms. The normalized spacial score (nSPS) is 19.2. The van der Waals surface area contributed by atoms with Gasteiger partial charge in [-0.3, -0.25) is 9.59 Å². The van der Waals surface area contributed by atoms with E-state index in [-0.39, 0.29) is 23.5 Å². The molecule has 1 N–H and O–H groups in total. The van der Waals surface area contributed by atoms with Gasteiger partial charge < -0.3 is 14.6 Å². The number of hydrogen-bond acceptors (Lipinski definition) is 6. The van der Waals surface area contributed by atoms with Gasteiger partial charge in [-0.05, 0) is 39.5 Å². The molecule has 2 saturated carbocycles.